The van der Waals surface area contributed by atoms with Crippen molar-refractivity contribution >= 4 is 6.29 Å². The minimum absolute atomic E-state index is 0.0394. The molecule has 1 heterocycles. The molecule has 5 aromatic carbocycles. The molecule has 0 unspecified atom stereocenters. The van der Waals surface area contributed by atoms with Crippen LogP contribution in [-0.4, -0.2) is 47.0 Å². The first-order chi connectivity index (χ1) is 22.6. The van der Waals surface area contributed by atoms with E-state index in [0.717, 1.165) is 61.0 Å². The van der Waals surface area contributed by atoms with Crippen molar-refractivity contribution < 1.29 is 37.7 Å². The molecule has 47 heavy (non-hydrogen) atoms. The van der Waals surface area contributed by atoms with Gasteiger partial charge in [-0.25, -0.2) is 0 Å². The van der Waals surface area contributed by atoms with Crippen molar-refractivity contribution in [3.05, 3.63) is 132 Å². The predicted molar refractivity (Wildman–Crippen MR) is 175 cm³/mol. The second-order valence-corrected chi connectivity index (χ2v) is 11.1. The van der Waals surface area contributed by atoms with E-state index in [1.54, 1.807) is 36.4 Å². The van der Waals surface area contributed by atoms with E-state index < -0.39 is 6.36 Å². The molecule has 1 fully saturated rings. The number of hydrogen-bond acceptors (Lipinski definition) is 6. The number of hydrogen-bond donors (Lipinski definition) is 2. The first-order valence-electron chi connectivity index (χ1n) is 15.1. The van der Waals surface area contributed by atoms with E-state index in [2.05, 4.69) is 33.9 Å². The lowest BCUT2D eigenvalue weighted by atomic mass is 10.0. The summed E-state index contributed by atoms with van der Waals surface area (Å²) in [7, 11) is 0. The molecule has 0 atom stereocenters. The third-order valence-corrected chi connectivity index (χ3v) is 7.70. The Morgan fingerprint density at radius 2 is 1.06 bits per heavy atom. The Kier molecular flexibility index (Phi) is 10.8. The number of carbonyl (C=O) groups excluding carboxylic acids is 1. The SMILES string of the molecule is O=Cc1ccc(-c2ccc(O)cc2)cc1.Oc1ccc(-c2ccc(CN3CCC(Oc4ccc(OC(F)(F)F)cc4)CC3)cc2)cc1. The average Bonchev–Trinajstić information content (AvgIpc) is 3.07. The quantitative estimate of drug-likeness (QED) is 0.165. The van der Waals surface area contributed by atoms with Crippen LogP contribution in [0, 0.1) is 0 Å². The lowest BCUT2D eigenvalue weighted by Crippen LogP contribution is -2.37. The number of likely N-dealkylation sites (tertiary alicyclic amines) is 1. The van der Waals surface area contributed by atoms with Crippen LogP contribution in [0.1, 0.15) is 28.8 Å². The van der Waals surface area contributed by atoms with Crippen LogP contribution in [0.3, 0.4) is 0 Å². The van der Waals surface area contributed by atoms with Crippen LogP contribution in [0.25, 0.3) is 22.3 Å². The van der Waals surface area contributed by atoms with Gasteiger partial charge in [0.2, 0.25) is 0 Å². The van der Waals surface area contributed by atoms with Crippen molar-refractivity contribution in [3.63, 3.8) is 0 Å². The third-order valence-electron chi connectivity index (χ3n) is 7.70. The van der Waals surface area contributed by atoms with Gasteiger partial charge in [-0.3, -0.25) is 9.69 Å². The van der Waals surface area contributed by atoms with E-state index in [1.807, 2.05) is 36.4 Å². The Morgan fingerprint density at radius 3 is 1.51 bits per heavy atom. The molecule has 0 amide bonds. The highest BCUT2D eigenvalue weighted by Gasteiger charge is 2.31. The third kappa shape index (κ3) is 10.1. The average molecular weight is 642 g/mol. The lowest BCUT2D eigenvalue weighted by Gasteiger charge is -2.32. The summed E-state index contributed by atoms with van der Waals surface area (Å²) in [6.07, 6.45) is -2.13. The van der Waals surface area contributed by atoms with E-state index >= 15 is 0 Å². The van der Waals surface area contributed by atoms with E-state index in [4.69, 9.17) is 9.84 Å². The molecule has 1 aliphatic heterocycles. The number of phenolic OH excluding ortho intramolecular Hbond substituents is 2. The fraction of sp³-hybridized carbons (Fsp3) is 0.184. The zero-order valence-corrected chi connectivity index (χ0v) is 25.4. The van der Waals surface area contributed by atoms with Crippen molar-refractivity contribution in [2.45, 2.75) is 31.9 Å². The maximum absolute atomic E-state index is 12.3. The number of benzene rings is 5. The maximum atomic E-state index is 12.3. The molecule has 1 aliphatic rings. The highest BCUT2D eigenvalue weighted by Crippen LogP contribution is 2.27. The smallest absolute Gasteiger partial charge is 0.508 e. The van der Waals surface area contributed by atoms with Crippen LogP contribution in [0.4, 0.5) is 13.2 Å². The summed E-state index contributed by atoms with van der Waals surface area (Å²) >= 11 is 0. The number of piperidine rings is 1. The molecule has 242 valence electrons. The molecule has 9 heteroatoms. The van der Waals surface area contributed by atoms with Crippen LogP contribution >= 0.6 is 0 Å². The zero-order valence-electron chi connectivity index (χ0n) is 25.4. The second kappa shape index (κ2) is 15.3. The Balaban J connectivity index is 0.000000241. The topological polar surface area (TPSA) is 79.2 Å². The number of aromatic hydroxyl groups is 2. The van der Waals surface area contributed by atoms with Gasteiger partial charge in [-0.15, -0.1) is 13.2 Å². The largest absolute Gasteiger partial charge is 0.573 e. The van der Waals surface area contributed by atoms with E-state index in [9.17, 15) is 23.1 Å². The summed E-state index contributed by atoms with van der Waals surface area (Å²) in [5, 5.41) is 18.6. The fourth-order valence-corrected chi connectivity index (χ4v) is 5.22. The van der Waals surface area contributed by atoms with Crippen molar-refractivity contribution in [1.29, 1.82) is 0 Å². The second-order valence-electron chi connectivity index (χ2n) is 11.1. The minimum atomic E-state index is -4.69. The summed E-state index contributed by atoms with van der Waals surface area (Å²) in [6.45, 7) is 2.63. The maximum Gasteiger partial charge on any atom is 0.573 e. The summed E-state index contributed by atoms with van der Waals surface area (Å²) in [5.41, 5.74) is 6.10. The Bertz CT molecular complexity index is 1700. The van der Waals surface area contributed by atoms with Crippen LogP contribution < -0.4 is 9.47 Å². The number of halogens is 3. The van der Waals surface area contributed by atoms with Gasteiger partial charge in [-0.1, -0.05) is 72.8 Å². The van der Waals surface area contributed by atoms with Crippen molar-refractivity contribution in [2.75, 3.05) is 13.1 Å². The van der Waals surface area contributed by atoms with Gasteiger partial charge in [0.1, 0.15) is 35.4 Å². The molecule has 0 aromatic heterocycles. The molecule has 1 saturated heterocycles. The molecular formula is C38H34F3NO5. The van der Waals surface area contributed by atoms with Gasteiger partial charge in [0, 0.05) is 25.2 Å². The highest BCUT2D eigenvalue weighted by molar-refractivity contribution is 5.77. The number of rotatable bonds is 8. The van der Waals surface area contributed by atoms with Gasteiger partial charge in [-0.05, 0) is 89.2 Å². The zero-order chi connectivity index (χ0) is 33.2. The van der Waals surface area contributed by atoms with Crippen LogP contribution in [0.2, 0.25) is 0 Å². The normalized spacial score (nSPS) is 13.7. The number of ether oxygens (including phenoxy) is 2. The summed E-state index contributed by atoms with van der Waals surface area (Å²) in [5.74, 6) is 0.799. The molecule has 0 aliphatic carbocycles. The van der Waals surface area contributed by atoms with Gasteiger partial charge >= 0.3 is 6.36 Å². The number of alkyl halides is 3. The fourth-order valence-electron chi connectivity index (χ4n) is 5.22. The van der Waals surface area contributed by atoms with E-state index in [-0.39, 0.29) is 23.4 Å². The number of aldehydes is 1. The van der Waals surface area contributed by atoms with Gasteiger partial charge in [0.25, 0.3) is 0 Å². The summed E-state index contributed by atoms with van der Waals surface area (Å²) < 4.78 is 46.6. The Labute approximate surface area is 271 Å². The molecule has 0 saturated carbocycles. The lowest BCUT2D eigenvalue weighted by molar-refractivity contribution is -0.274. The number of phenols is 2. The highest BCUT2D eigenvalue weighted by atomic mass is 19.4. The van der Waals surface area contributed by atoms with E-state index in [1.165, 1.54) is 29.8 Å². The first kappa shape index (κ1) is 33.1. The molecule has 6 nitrogen and oxygen atoms in total. The molecule has 5 aromatic rings. The van der Waals surface area contributed by atoms with Gasteiger partial charge < -0.3 is 19.7 Å². The van der Waals surface area contributed by atoms with Crippen LogP contribution in [0.15, 0.2) is 121 Å². The monoisotopic (exact) mass is 641 g/mol. The first-order valence-corrected chi connectivity index (χ1v) is 15.1. The Morgan fingerprint density at radius 1 is 0.638 bits per heavy atom. The van der Waals surface area contributed by atoms with Gasteiger partial charge in [0.05, 0.1) is 0 Å². The predicted octanol–water partition coefficient (Wildman–Crippen LogP) is 8.87. The molecule has 0 spiro atoms. The number of nitrogens with zero attached hydrogens (tertiary/aromatic N) is 1. The Hall–Kier alpha value is -5.28. The van der Waals surface area contributed by atoms with Crippen LogP contribution in [0.5, 0.6) is 23.0 Å². The van der Waals surface area contributed by atoms with Crippen LogP contribution in [-0.2, 0) is 6.54 Å². The van der Waals surface area contributed by atoms with Crippen molar-refractivity contribution in [2.24, 2.45) is 0 Å². The standard InChI is InChI=1S/C25H24F3NO3.C13H10O2/c26-25(27,28)32-24-11-9-22(10-12-24)31-23-13-15-29(16-14-23)17-18-1-3-19(4-2-18)20-5-7-21(30)8-6-20;14-9-10-1-3-11(4-2-10)12-5-7-13(15)8-6-12/h1-12,23,30H,13-17H2;1-9,15H. The van der Waals surface area contributed by atoms with Gasteiger partial charge in [-0.2, -0.15) is 0 Å². The van der Waals surface area contributed by atoms with Crippen molar-refractivity contribution in [1.82, 2.24) is 4.90 Å². The summed E-state index contributed by atoms with van der Waals surface area (Å²) in [4.78, 5) is 12.8. The number of carbonyl (C=O) groups is 1. The molecular weight excluding hydrogens is 607 g/mol. The van der Waals surface area contributed by atoms with Gasteiger partial charge in [0.15, 0.2) is 0 Å². The summed E-state index contributed by atoms with van der Waals surface area (Å²) in [6, 6.07) is 35.4. The van der Waals surface area contributed by atoms with E-state index in [0.29, 0.717) is 11.3 Å². The molecule has 6 rings (SSSR count). The molecule has 0 bridgehead atoms. The minimum Gasteiger partial charge on any atom is -0.508 e. The molecule has 0 radical (unpaired) electrons. The van der Waals surface area contributed by atoms with Crippen molar-refractivity contribution in [3.8, 4) is 45.3 Å². The molecule has 2 N–H and O–H groups in total.